The maximum atomic E-state index is 13.5. The highest BCUT2D eigenvalue weighted by molar-refractivity contribution is 7.17. The Hall–Kier alpha value is -2.95. The molecule has 3 aromatic heterocycles. The van der Waals surface area contributed by atoms with Gasteiger partial charge in [-0.15, -0.1) is 11.3 Å². The summed E-state index contributed by atoms with van der Waals surface area (Å²) < 4.78 is 46.7. The van der Waals surface area contributed by atoms with Gasteiger partial charge in [-0.1, -0.05) is 6.92 Å². The predicted molar refractivity (Wildman–Crippen MR) is 117 cm³/mol. The Morgan fingerprint density at radius 3 is 2.73 bits per heavy atom. The zero-order valence-corrected chi connectivity index (χ0v) is 19.4. The molecule has 1 atom stereocenters. The Kier molecular flexibility index (Phi) is 5.94. The van der Waals surface area contributed by atoms with E-state index in [1.165, 1.54) is 32.3 Å². The Balaban J connectivity index is 1.67. The first-order chi connectivity index (χ1) is 15.5. The lowest BCUT2D eigenvalue weighted by atomic mass is 9.88. The summed E-state index contributed by atoms with van der Waals surface area (Å²) >= 11 is 1.34. The van der Waals surface area contributed by atoms with E-state index in [-0.39, 0.29) is 29.0 Å². The molecule has 0 fully saturated rings. The number of aromatic nitrogens is 3. The monoisotopic (exact) mass is 480 g/mol. The molecule has 33 heavy (non-hydrogen) atoms. The fourth-order valence-corrected chi connectivity index (χ4v) is 5.69. The fourth-order valence-electron chi connectivity index (χ4n) is 4.27. The average Bonchev–Trinajstić information content (AvgIpc) is 3.22. The van der Waals surface area contributed by atoms with Crippen molar-refractivity contribution < 1.29 is 27.5 Å². The van der Waals surface area contributed by atoms with Crippen LogP contribution in [0.3, 0.4) is 0 Å². The molecule has 1 aliphatic rings. The molecule has 0 spiro atoms. The molecule has 1 N–H and O–H groups in total. The van der Waals surface area contributed by atoms with E-state index in [1.54, 1.807) is 0 Å². The van der Waals surface area contributed by atoms with Gasteiger partial charge < -0.3 is 10.1 Å². The second-order valence-electron chi connectivity index (χ2n) is 8.35. The minimum Gasteiger partial charge on any atom is -0.465 e. The number of ether oxygens (including phenoxy) is 1. The number of esters is 1. The molecule has 0 bridgehead atoms. The Morgan fingerprint density at radius 2 is 2.06 bits per heavy atom. The van der Waals surface area contributed by atoms with E-state index in [0.717, 1.165) is 40.5 Å². The molecule has 3 aromatic rings. The van der Waals surface area contributed by atoms with E-state index in [1.807, 2.05) is 0 Å². The van der Waals surface area contributed by atoms with Crippen LogP contribution in [0.15, 0.2) is 6.07 Å². The van der Waals surface area contributed by atoms with Crippen LogP contribution in [-0.2, 0) is 35.1 Å². The van der Waals surface area contributed by atoms with Gasteiger partial charge in [0.05, 0.1) is 29.3 Å². The van der Waals surface area contributed by atoms with Gasteiger partial charge in [0, 0.05) is 10.6 Å². The van der Waals surface area contributed by atoms with Crippen molar-refractivity contribution in [3.63, 3.8) is 0 Å². The molecule has 0 saturated heterocycles. The molecule has 0 radical (unpaired) electrons. The summed E-state index contributed by atoms with van der Waals surface area (Å²) in [7, 11) is 1.29. The van der Waals surface area contributed by atoms with Crippen molar-refractivity contribution in [1.29, 1.82) is 0 Å². The maximum absolute atomic E-state index is 13.5. The summed E-state index contributed by atoms with van der Waals surface area (Å²) in [5, 5.41) is 7.15. The normalized spacial score (nSPS) is 16.0. The maximum Gasteiger partial charge on any atom is 0.417 e. The second-order valence-corrected chi connectivity index (χ2v) is 9.45. The van der Waals surface area contributed by atoms with E-state index in [9.17, 15) is 22.8 Å². The molecule has 11 heteroatoms. The number of amides is 1. The van der Waals surface area contributed by atoms with Gasteiger partial charge in [-0.2, -0.15) is 18.3 Å². The number of thiophene rings is 1. The number of fused-ring (bicyclic) bond motifs is 2. The van der Waals surface area contributed by atoms with Crippen LogP contribution in [0.25, 0.3) is 11.0 Å². The smallest absolute Gasteiger partial charge is 0.417 e. The summed E-state index contributed by atoms with van der Waals surface area (Å²) in [5.74, 6) is -0.571. The number of alkyl halides is 3. The van der Waals surface area contributed by atoms with Gasteiger partial charge in [-0.05, 0) is 50.7 Å². The number of aryl methyl sites for hydroxylation is 2. The molecular weight excluding hydrogens is 457 g/mol. The number of rotatable bonds is 4. The van der Waals surface area contributed by atoms with E-state index >= 15 is 0 Å². The van der Waals surface area contributed by atoms with Crippen molar-refractivity contribution >= 4 is 39.2 Å². The van der Waals surface area contributed by atoms with E-state index in [2.05, 4.69) is 22.3 Å². The van der Waals surface area contributed by atoms with Gasteiger partial charge in [-0.25, -0.2) is 14.5 Å². The van der Waals surface area contributed by atoms with Gasteiger partial charge in [0.15, 0.2) is 5.65 Å². The van der Waals surface area contributed by atoms with Crippen LogP contribution in [0.2, 0.25) is 0 Å². The number of nitrogens with zero attached hydrogens (tertiary/aromatic N) is 3. The summed E-state index contributed by atoms with van der Waals surface area (Å²) in [4.78, 5) is 30.5. The quantitative estimate of drug-likeness (QED) is 0.548. The van der Waals surface area contributed by atoms with Gasteiger partial charge in [0.25, 0.3) is 0 Å². The highest BCUT2D eigenvalue weighted by Gasteiger charge is 2.35. The summed E-state index contributed by atoms with van der Waals surface area (Å²) in [6.45, 7) is 4.69. The van der Waals surface area contributed by atoms with Crippen molar-refractivity contribution in [2.24, 2.45) is 5.92 Å². The summed E-state index contributed by atoms with van der Waals surface area (Å²) in [6.07, 6.45) is -2.10. The van der Waals surface area contributed by atoms with Crippen molar-refractivity contribution in [2.45, 2.75) is 52.8 Å². The van der Waals surface area contributed by atoms with Gasteiger partial charge >= 0.3 is 12.1 Å². The number of methoxy groups -OCH3 is 1. The van der Waals surface area contributed by atoms with Crippen LogP contribution in [-0.4, -0.2) is 33.8 Å². The van der Waals surface area contributed by atoms with E-state index in [4.69, 9.17) is 4.74 Å². The number of pyridine rings is 1. The zero-order valence-electron chi connectivity index (χ0n) is 18.6. The Bertz CT molecular complexity index is 1260. The third-order valence-electron chi connectivity index (χ3n) is 5.76. The van der Waals surface area contributed by atoms with E-state index in [0.29, 0.717) is 16.5 Å². The lowest BCUT2D eigenvalue weighted by Crippen LogP contribution is -2.21. The largest absolute Gasteiger partial charge is 0.465 e. The first-order valence-electron chi connectivity index (χ1n) is 10.4. The number of carbonyl (C=O) groups is 2. The topological polar surface area (TPSA) is 86.1 Å². The van der Waals surface area contributed by atoms with Crippen molar-refractivity contribution in [3.8, 4) is 0 Å². The standard InChI is InChI=1S/C22H23F3N4O3S/c1-10-5-6-13-15(7-10)33-20(18(13)21(31)32-4)27-16(30)9-29-19-17(12(3)28-29)14(22(23,24)25)8-11(2)26-19/h8,10H,5-7,9H2,1-4H3,(H,27,30). The number of nitrogens with one attached hydrogen (secondary N) is 1. The van der Waals surface area contributed by atoms with Crippen LogP contribution in [0.5, 0.6) is 0 Å². The highest BCUT2D eigenvalue weighted by Crippen LogP contribution is 2.40. The molecular formula is C22H23F3N4O3S. The number of hydrogen-bond acceptors (Lipinski definition) is 6. The van der Waals surface area contributed by atoms with Gasteiger partial charge in [0.1, 0.15) is 11.5 Å². The lowest BCUT2D eigenvalue weighted by Gasteiger charge is -2.18. The molecule has 0 aromatic carbocycles. The fraction of sp³-hybridized carbons (Fsp3) is 0.455. The minimum atomic E-state index is -4.57. The lowest BCUT2D eigenvalue weighted by molar-refractivity contribution is -0.136. The number of anilines is 1. The molecule has 176 valence electrons. The SMILES string of the molecule is COC(=O)c1c(NC(=O)Cn2nc(C)c3c(C(F)(F)F)cc(C)nc32)sc2c1CCC(C)C2. The molecule has 4 rings (SSSR count). The Morgan fingerprint density at radius 1 is 1.33 bits per heavy atom. The molecule has 0 aliphatic heterocycles. The third kappa shape index (κ3) is 4.33. The second kappa shape index (κ2) is 8.44. The predicted octanol–water partition coefficient (Wildman–Crippen LogP) is 4.68. The summed E-state index contributed by atoms with van der Waals surface area (Å²) in [5.41, 5.74) is 0.711. The van der Waals surface area contributed by atoms with Gasteiger partial charge in [0.2, 0.25) is 5.91 Å². The van der Waals surface area contributed by atoms with Crippen LogP contribution < -0.4 is 5.32 Å². The zero-order chi connectivity index (χ0) is 24.1. The molecule has 3 heterocycles. The first-order valence-corrected chi connectivity index (χ1v) is 11.3. The summed E-state index contributed by atoms with van der Waals surface area (Å²) in [6, 6.07) is 0.973. The highest BCUT2D eigenvalue weighted by atomic mass is 32.1. The molecule has 1 amide bonds. The van der Waals surface area contributed by atoms with Crippen molar-refractivity contribution in [3.05, 3.63) is 39.0 Å². The van der Waals surface area contributed by atoms with Crippen molar-refractivity contribution in [1.82, 2.24) is 14.8 Å². The Labute approximate surface area is 191 Å². The van der Waals surface area contributed by atoms with Crippen LogP contribution >= 0.6 is 11.3 Å². The van der Waals surface area contributed by atoms with Crippen LogP contribution in [0.4, 0.5) is 18.2 Å². The number of halogens is 3. The van der Waals surface area contributed by atoms with Crippen LogP contribution in [0, 0.1) is 19.8 Å². The molecule has 1 aliphatic carbocycles. The number of carbonyl (C=O) groups excluding carboxylic acids is 2. The van der Waals surface area contributed by atoms with Crippen molar-refractivity contribution in [2.75, 3.05) is 12.4 Å². The van der Waals surface area contributed by atoms with E-state index < -0.39 is 23.6 Å². The molecule has 0 saturated carbocycles. The first kappa shape index (κ1) is 23.2. The third-order valence-corrected chi connectivity index (χ3v) is 6.93. The minimum absolute atomic E-state index is 0.0116. The van der Waals surface area contributed by atoms with Crippen LogP contribution in [0.1, 0.15) is 51.1 Å². The van der Waals surface area contributed by atoms with Gasteiger partial charge in [-0.3, -0.25) is 4.79 Å². The molecule has 1 unspecified atom stereocenters. The number of hydrogen-bond donors (Lipinski definition) is 1. The average molecular weight is 481 g/mol. The molecule has 7 nitrogen and oxygen atoms in total.